The Labute approximate surface area is 220 Å². The zero-order valence-corrected chi connectivity index (χ0v) is 21.4. The Bertz CT molecular complexity index is 1280. The minimum Gasteiger partial charge on any atom is -0.491 e. The van der Waals surface area contributed by atoms with Gasteiger partial charge in [0.1, 0.15) is 35.9 Å². The van der Waals surface area contributed by atoms with Gasteiger partial charge in [-0.25, -0.2) is 0 Å². The van der Waals surface area contributed by atoms with Gasteiger partial charge in [0.25, 0.3) is 5.78 Å². The number of ether oxygens (including phenoxy) is 4. The number of morpholine rings is 2. The van der Waals surface area contributed by atoms with Crippen LogP contribution in [0.15, 0.2) is 57.4 Å². The predicted octanol–water partition coefficient (Wildman–Crippen LogP) is 3.83. The summed E-state index contributed by atoms with van der Waals surface area (Å²) in [5, 5.41) is 1.53. The topological polar surface area (TPSA) is 86.8 Å². The largest absolute Gasteiger partial charge is 0.491 e. The van der Waals surface area contributed by atoms with Gasteiger partial charge in [0.2, 0.25) is 0 Å². The molecule has 6 rings (SSSR count). The van der Waals surface area contributed by atoms with Crippen LogP contribution in [0, 0.1) is 0 Å². The van der Waals surface area contributed by atoms with Gasteiger partial charge in [-0.3, -0.25) is 14.6 Å². The number of furan rings is 2. The average Bonchev–Trinajstić information content (AvgIpc) is 3.60. The number of fused-ring (bicyclic) bond motifs is 2. The van der Waals surface area contributed by atoms with Crippen molar-refractivity contribution in [2.45, 2.75) is 0 Å². The summed E-state index contributed by atoms with van der Waals surface area (Å²) in [5.74, 6) is 1.48. The Balaban J connectivity index is 1.14. The van der Waals surface area contributed by atoms with Crippen molar-refractivity contribution >= 4 is 27.7 Å². The third-order valence-corrected chi connectivity index (χ3v) is 7.03. The highest BCUT2D eigenvalue weighted by molar-refractivity contribution is 6.09. The minimum atomic E-state index is -0.323. The second-order valence-electron chi connectivity index (χ2n) is 9.49. The van der Waals surface area contributed by atoms with Gasteiger partial charge in [0.15, 0.2) is 11.5 Å². The Morgan fingerprint density at radius 3 is 1.58 bits per heavy atom. The van der Waals surface area contributed by atoms with Crippen molar-refractivity contribution in [2.75, 3.05) is 78.9 Å². The quantitative estimate of drug-likeness (QED) is 0.290. The van der Waals surface area contributed by atoms with Gasteiger partial charge in [-0.1, -0.05) is 12.1 Å². The normalized spacial score (nSPS) is 17.3. The van der Waals surface area contributed by atoms with Gasteiger partial charge in [0.05, 0.1) is 37.2 Å². The van der Waals surface area contributed by atoms with Crippen molar-refractivity contribution in [2.24, 2.45) is 0 Å². The van der Waals surface area contributed by atoms with Crippen LogP contribution in [0.3, 0.4) is 0 Å². The molecule has 0 amide bonds. The van der Waals surface area contributed by atoms with Gasteiger partial charge < -0.3 is 27.8 Å². The lowest BCUT2D eigenvalue weighted by Crippen LogP contribution is -2.38. The first kappa shape index (κ1) is 24.9. The fourth-order valence-electron chi connectivity index (χ4n) is 4.88. The lowest BCUT2D eigenvalue weighted by Gasteiger charge is -2.26. The van der Waals surface area contributed by atoms with E-state index in [1.54, 1.807) is 12.1 Å². The molecule has 0 N–H and O–H groups in total. The van der Waals surface area contributed by atoms with Crippen LogP contribution in [0.5, 0.6) is 11.5 Å². The van der Waals surface area contributed by atoms with Gasteiger partial charge in [-0.2, -0.15) is 0 Å². The maximum atomic E-state index is 13.3. The summed E-state index contributed by atoms with van der Waals surface area (Å²) in [6.45, 7) is 9.41. The SMILES string of the molecule is O=C(c1cc2c(OCCN3CCOCC3)cccc2o1)c1cc2c(OCCN3CCOCC3)cccc2o1. The lowest BCUT2D eigenvalue weighted by atomic mass is 10.2. The van der Waals surface area contributed by atoms with Gasteiger partial charge >= 0.3 is 0 Å². The van der Waals surface area contributed by atoms with E-state index in [9.17, 15) is 4.79 Å². The predicted molar refractivity (Wildman–Crippen MR) is 141 cm³/mol. The average molecular weight is 521 g/mol. The van der Waals surface area contributed by atoms with E-state index >= 15 is 0 Å². The molecule has 0 atom stereocenters. The van der Waals surface area contributed by atoms with E-state index in [1.807, 2.05) is 36.4 Å². The monoisotopic (exact) mass is 520 g/mol. The van der Waals surface area contributed by atoms with E-state index in [0.29, 0.717) is 35.9 Å². The highest BCUT2D eigenvalue weighted by atomic mass is 16.5. The molecule has 2 aromatic heterocycles. The third kappa shape index (κ3) is 5.56. The van der Waals surface area contributed by atoms with E-state index in [-0.39, 0.29) is 17.3 Å². The zero-order chi connectivity index (χ0) is 25.7. The smallest absolute Gasteiger partial charge is 0.263 e. The molecule has 38 heavy (non-hydrogen) atoms. The van der Waals surface area contributed by atoms with Crippen LogP contribution < -0.4 is 9.47 Å². The van der Waals surface area contributed by atoms with Crippen LogP contribution in [0.2, 0.25) is 0 Å². The molecule has 2 aromatic carbocycles. The summed E-state index contributed by atoms with van der Waals surface area (Å²) < 4.78 is 34.8. The number of nitrogens with zero attached hydrogens (tertiary/aromatic N) is 2. The second-order valence-corrected chi connectivity index (χ2v) is 9.49. The first-order valence-corrected chi connectivity index (χ1v) is 13.2. The standard InChI is InChI=1S/C29H32N2O7/c32-29(27-19-21-23(3-1-5-25(21)37-27)35-17-11-30-7-13-33-14-8-30)28-20-22-24(4-2-6-26(22)38-28)36-18-12-31-9-15-34-16-10-31/h1-6,19-20H,7-18H2. The number of carbonyl (C=O) groups excluding carboxylic acids is 1. The number of benzene rings is 2. The van der Waals surface area contributed by atoms with Crippen molar-refractivity contribution in [3.05, 3.63) is 60.1 Å². The molecule has 9 nitrogen and oxygen atoms in total. The van der Waals surface area contributed by atoms with E-state index < -0.39 is 0 Å². The summed E-state index contributed by atoms with van der Waals surface area (Å²) in [6, 6.07) is 14.7. The molecule has 0 aliphatic carbocycles. The van der Waals surface area contributed by atoms with Crippen LogP contribution in [0.1, 0.15) is 16.3 Å². The first-order chi connectivity index (χ1) is 18.7. The summed E-state index contributed by atoms with van der Waals surface area (Å²) in [5.41, 5.74) is 1.20. The van der Waals surface area contributed by atoms with Gasteiger partial charge in [-0.15, -0.1) is 0 Å². The molecule has 200 valence electrons. The summed E-state index contributed by atoms with van der Waals surface area (Å²) in [4.78, 5) is 18.0. The van der Waals surface area contributed by atoms with Gasteiger partial charge in [-0.05, 0) is 36.4 Å². The van der Waals surface area contributed by atoms with Crippen LogP contribution in [0.4, 0.5) is 0 Å². The molecule has 0 bridgehead atoms. The second kappa shape index (κ2) is 11.6. The van der Waals surface area contributed by atoms with E-state index in [0.717, 1.165) is 76.5 Å². The van der Waals surface area contributed by atoms with Crippen molar-refractivity contribution in [1.82, 2.24) is 9.80 Å². The van der Waals surface area contributed by atoms with Crippen LogP contribution in [-0.4, -0.2) is 94.5 Å². The number of hydrogen-bond donors (Lipinski definition) is 0. The molecule has 0 unspecified atom stereocenters. The Hall–Kier alpha value is -3.37. The Morgan fingerprint density at radius 1 is 0.684 bits per heavy atom. The fraction of sp³-hybridized carbons (Fsp3) is 0.414. The number of ketones is 1. The third-order valence-electron chi connectivity index (χ3n) is 7.03. The van der Waals surface area contributed by atoms with Crippen molar-refractivity contribution in [3.8, 4) is 11.5 Å². The maximum absolute atomic E-state index is 13.3. The van der Waals surface area contributed by atoms with Crippen molar-refractivity contribution in [1.29, 1.82) is 0 Å². The summed E-state index contributed by atoms with van der Waals surface area (Å²) in [7, 11) is 0. The van der Waals surface area contributed by atoms with Gasteiger partial charge in [0, 0.05) is 39.3 Å². The molecule has 9 heteroatoms. The van der Waals surface area contributed by atoms with Crippen molar-refractivity contribution in [3.63, 3.8) is 0 Å². The Kier molecular flexibility index (Phi) is 7.59. The maximum Gasteiger partial charge on any atom is 0.263 e. The highest BCUT2D eigenvalue weighted by Crippen LogP contribution is 2.33. The molecule has 2 saturated heterocycles. The first-order valence-electron chi connectivity index (χ1n) is 13.2. The van der Waals surface area contributed by atoms with Crippen molar-refractivity contribution < 1.29 is 32.6 Å². The molecular formula is C29H32N2O7. The molecule has 2 aliphatic rings. The zero-order valence-electron chi connectivity index (χ0n) is 21.4. The number of hydrogen-bond acceptors (Lipinski definition) is 9. The molecular weight excluding hydrogens is 488 g/mol. The molecule has 0 spiro atoms. The molecule has 0 saturated carbocycles. The van der Waals surface area contributed by atoms with Crippen LogP contribution >= 0.6 is 0 Å². The minimum absolute atomic E-state index is 0.207. The number of rotatable bonds is 10. The molecule has 0 radical (unpaired) electrons. The Morgan fingerprint density at radius 2 is 1.13 bits per heavy atom. The van der Waals surface area contributed by atoms with Crippen LogP contribution in [-0.2, 0) is 9.47 Å². The lowest BCUT2D eigenvalue weighted by molar-refractivity contribution is 0.0322. The van der Waals surface area contributed by atoms with E-state index in [1.165, 1.54) is 0 Å². The summed E-state index contributed by atoms with van der Waals surface area (Å²) >= 11 is 0. The molecule has 2 aliphatic heterocycles. The molecule has 2 fully saturated rings. The summed E-state index contributed by atoms with van der Waals surface area (Å²) in [6.07, 6.45) is 0. The molecule has 4 heterocycles. The van der Waals surface area contributed by atoms with Crippen LogP contribution in [0.25, 0.3) is 21.9 Å². The highest BCUT2D eigenvalue weighted by Gasteiger charge is 2.22. The molecule has 4 aromatic rings. The van der Waals surface area contributed by atoms with E-state index in [4.69, 9.17) is 27.8 Å². The van der Waals surface area contributed by atoms with E-state index in [2.05, 4.69) is 9.80 Å². The number of carbonyl (C=O) groups is 1. The fourth-order valence-corrected chi connectivity index (χ4v) is 4.88.